The van der Waals surface area contributed by atoms with Crippen molar-refractivity contribution in [2.24, 2.45) is 5.92 Å². The summed E-state index contributed by atoms with van der Waals surface area (Å²) in [6.45, 7) is 3.14. The van der Waals surface area contributed by atoms with E-state index in [2.05, 4.69) is 102 Å². The van der Waals surface area contributed by atoms with E-state index in [4.69, 9.17) is 32.6 Å². The first kappa shape index (κ1) is 35.5. The van der Waals surface area contributed by atoms with Gasteiger partial charge in [0.15, 0.2) is 10.7 Å². The minimum atomic E-state index is -2.74. The molecule has 4 rings (SSSR count). The lowest BCUT2D eigenvalue weighted by molar-refractivity contribution is -0.170. The fourth-order valence-electron chi connectivity index (χ4n) is 6.01. The van der Waals surface area contributed by atoms with E-state index in [0.29, 0.717) is 5.92 Å². The minimum absolute atomic E-state index is 0.157. The number of aromatic amines is 1. The number of benzene rings is 2. The maximum Gasteiger partial charge on any atom is 0.336 e. The summed E-state index contributed by atoms with van der Waals surface area (Å²) in [5.74, 6) is -4.36. The first-order chi connectivity index (χ1) is 21.3. The number of aromatic nitrogens is 1. The number of nitrogens with zero attached hydrogens (tertiary/aromatic N) is 1. The third kappa shape index (κ3) is 9.74. The number of hydrogen-bond acceptors (Lipinski definition) is 6. The summed E-state index contributed by atoms with van der Waals surface area (Å²) in [6, 6.07) is 19.7. The molecule has 1 saturated carbocycles. The lowest BCUT2D eigenvalue weighted by Crippen LogP contribution is -2.47. The number of nitrogens with one attached hydrogen (secondary N) is 3. The molecule has 12 heteroatoms. The van der Waals surface area contributed by atoms with Crippen molar-refractivity contribution in [3.63, 3.8) is 0 Å². The van der Waals surface area contributed by atoms with Crippen LogP contribution in [-0.4, -0.2) is 85.6 Å². The number of fused-ring (bicyclic) bond motifs is 1. The van der Waals surface area contributed by atoms with Gasteiger partial charge in [-0.05, 0) is 88.5 Å². The van der Waals surface area contributed by atoms with Gasteiger partial charge in [0.05, 0.1) is 12.8 Å². The van der Waals surface area contributed by atoms with Crippen LogP contribution < -0.4 is 10.6 Å². The van der Waals surface area contributed by atoms with Crippen LogP contribution in [0.25, 0.3) is 10.9 Å². The Morgan fingerprint density at radius 1 is 1.00 bits per heavy atom. The van der Waals surface area contributed by atoms with Gasteiger partial charge in [0.25, 0.3) is 0 Å². The molecular formula is C33H44N4O7S. The van der Waals surface area contributed by atoms with E-state index >= 15 is 0 Å². The quantitative estimate of drug-likeness (QED) is 0.143. The van der Waals surface area contributed by atoms with Crippen LogP contribution in [0, 0.1) is 5.92 Å². The highest BCUT2D eigenvalue weighted by molar-refractivity contribution is 7.80. The molecule has 45 heavy (non-hydrogen) atoms. The van der Waals surface area contributed by atoms with Crippen molar-refractivity contribution in [1.82, 2.24) is 20.5 Å². The summed E-state index contributed by atoms with van der Waals surface area (Å²) in [5.41, 5.74) is 1.38. The van der Waals surface area contributed by atoms with Crippen LogP contribution >= 0.6 is 12.2 Å². The van der Waals surface area contributed by atoms with Gasteiger partial charge in [-0.15, -0.1) is 0 Å². The van der Waals surface area contributed by atoms with E-state index < -0.39 is 36.4 Å². The summed E-state index contributed by atoms with van der Waals surface area (Å²) in [6.07, 6.45) is 5.58. The Morgan fingerprint density at radius 2 is 1.58 bits per heavy atom. The third-order valence-electron chi connectivity index (χ3n) is 8.51. The molecule has 244 valence electrons. The maximum absolute atomic E-state index is 10.3. The number of carbonyl (C=O) groups is 3. The first-order valence-corrected chi connectivity index (χ1v) is 15.4. The molecule has 1 atom stereocenters. The van der Waals surface area contributed by atoms with Gasteiger partial charge in [0.2, 0.25) is 0 Å². The lowest BCUT2D eigenvalue weighted by Gasteiger charge is -2.45. The van der Waals surface area contributed by atoms with Gasteiger partial charge in [0, 0.05) is 35.2 Å². The largest absolute Gasteiger partial charge is 0.481 e. The molecule has 0 saturated heterocycles. The van der Waals surface area contributed by atoms with Gasteiger partial charge in [0.1, 0.15) is 0 Å². The molecule has 0 bridgehead atoms. The zero-order chi connectivity index (χ0) is 33.2. The third-order valence-corrected chi connectivity index (χ3v) is 8.78. The van der Waals surface area contributed by atoms with Crippen molar-refractivity contribution in [2.45, 2.75) is 69.1 Å². The molecule has 1 fully saturated rings. The molecule has 3 aromatic rings. The first-order valence-electron chi connectivity index (χ1n) is 15.0. The standard InChI is InChI=1S/C27H36N4S.C6H8O7/c1-20(17-22-19-28-25-12-8-7-11-24(22)25)30-26(32)29-18-21-13-15-27(16-14-21,31(2)3)23-9-5-4-6-10-23;7-3(8)1-6(13,5(11)12)2-4(9)10/h4-12,19-21,28H,13-18H2,1-3H3,(H2,29,30,32);13H,1-2H2,(H,7,8)(H,9,10)(H,11,12). The monoisotopic (exact) mass is 640 g/mol. The topological polar surface area (TPSA) is 175 Å². The molecule has 0 aliphatic heterocycles. The molecular weight excluding hydrogens is 596 g/mol. The summed E-state index contributed by atoms with van der Waals surface area (Å²) < 4.78 is 0. The number of carboxylic acid groups (broad SMARTS) is 3. The van der Waals surface area contributed by atoms with Gasteiger partial charge in [-0.2, -0.15) is 0 Å². The van der Waals surface area contributed by atoms with Gasteiger partial charge >= 0.3 is 17.9 Å². The highest BCUT2D eigenvalue weighted by Gasteiger charge is 2.41. The number of H-pyrrole nitrogens is 1. The van der Waals surface area contributed by atoms with Crippen LogP contribution in [0.5, 0.6) is 0 Å². The van der Waals surface area contributed by atoms with Crippen molar-refractivity contribution in [3.05, 3.63) is 71.9 Å². The number of carboxylic acids is 3. The maximum atomic E-state index is 10.3. The normalized spacial score (nSPS) is 18.8. The second-order valence-electron chi connectivity index (χ2n) is 12.0. The second-order valence-corrected chi connectivity index (χ2v) is 12.4. The van der Waals surface area contributed by atoms with E-state index in [0.717, 1.165) is 18.1 Å². The molecule has 7 N–H and O–H groups in total. The zero-order valence-corrected chi connectivity index (χ0v) is 26.8. The second kappa shape index (κ2) is 15.8. The van der Waals surface area contributed by atoms with Crippen LogP contribution in [0.1, 0.15) is 56.6 Å². The van der Waals surface area contributed by atoms with Crippen molar-refractivity contribution < 1.29 is 34.8 Å². The van der Waals surface area contributed by atoms with Crippen LogP contribution in [0.2, 0.25) is 0 Å². The van der Waals surface area contributed by atoms with Gasteiger partial charge in [-0.3, -0.25) is 14.5 Å². The molecule has 1 heterocycles. The fraction of sp³-hybridized carbons (Fsp3) is 0.455. The summed E-state index contributed by atoms with van der Waals surface area (Å²) in [7, 11) is 4.44. The molecule has 2 aromatic carbocycles. The zero-order valence-electron chi connectivity index (χ0n) is 26.0. The van der Waals surface area contributed by atoms with Crippen molar-refractivity contribution in [2.75, 3.05) is 20.6 Å². The molecule has 1 aliphatic rings. The molecule has 0 amide bonds. The number of hydrogen-bond donors (Lipinski definition) is 7. The molecule has 1 aliphatic carbocycles. The van der Waals surface area contributed by atoms with E-state index in [9.17, 15) is 14.4 Å². The summed E-state index contributed by atoms with van der Waals surface area (Å²) in [5, 5.41) is 42.9. The molecule has 11 nitrogen and oxygen atoms in total. The highest BCUT2D eigenvalue weighted by Crippen LogP contribution is 2.42. The number of para-hydroxylation sites is 1. The van der Waals surface area contributed by atoms with Crippen molar-refractivity contribution in [1.29, 1.82) is 0 Å². The van der Waals surface area contributed by atoms with Gasteiger partial charge in [-0.1, -0.05) is 48.5 Å². The summed E-state index contributed by atoms with van der Waals surface area (Å²) >= 11 is 5.62. The number of aliphatic carboxylic acids is 3. The van der Waals surface area contributed by atoms with E-state index in [-0.39, 0.29) is 11.6 Å². The average Bonchev–Trinajstić information content (AvgIpc) is 3.38. The Kier molecular flexibility index (Phi) is 12.5. The predicted octanol–water partition coefficient (Wildman–Crippen LogP) is 3.96. The van der Waals surface area contributed by atoms with E-state index in [1.54, 1.807) is 0 Å². The minimum Gasteiger partial charge on any atom is -0.481 e. The average molecular weight is 641 g/mol. The summed E-state index contributed by atoms with van der Waals surface area (Å²) in [4.78, 5) is 36.3. The Morgan fingerprint density at radius 3 is 2.13 bits per heavy atom. The predicted molar refractivity (Wildman–Crippen MR) is 176 cm³/mol. The fourth-order valence-corrected chi connectivity index (χ4v) is 6.29. The van der Waals surface area contributed by atoms with Crippen LogP contribution in [0.3, 0.4) is 0 Å². The Hall–Kier alpha value is -4.00. The molecule has 1 unspecified atom stereocenters. The van der Waals surface area contributed by atoms with E-state index in [1.807, 2.05) is 0 Å². The Bertz CT molecular complexity index is 1440. The SMILES string of the molecule is CC(Cc1c[nH]c2ccccc12)NC(=S)NCC1CCC(c2ccccc2)(N(C)C)CC1.O=C(O)CC(O)(CC(=O)O)C(=O)O. The van der Waals surface area contributed by atoms with Crippen molar-refractivity contribution >= 4 is 46.1 Å². The lowest BCUT2D eigenvalue weighted by atomic mass is 9.72. The van der Waals surface area contributed by atoms with Crippen LogP contribution in [0.4, 0.5) is 0 Å². The highest BCUT2D eigenvalue weighted by atomic mass is 32.1. The molecule has 0 spiro atoms. The Labute approximate surface area is 268 Å². The number of thiocarbonyl (C=S) groups is 1. The van der Waals surface area contributed by atoms with E-state index in [1.165, 1.54) is 47.7 Å². The smallest absolute Gasteiger partial charge is 0.336 e. The molecule has 1 aromatic heterocycles. The molecule has 0 radical (unpaired) electrons. The Balaban J connectivity index is 0.000000360. The number of aliphatic hydroxyl groups is 1. The van der Waals surface area contributed by atoms with Crippen molar-refractivity contribution in [3.8, 4) is 0 Å². The van der Waals surface area contributed by atoms with Crippen LogP contribution in [-0.2, 0) is 26.3 Å². The number of rotatable bonds is 12. The van der Waals surface area contributed by atoms with Gasteiger partial charge < -0.3 is 36.0 Å². The van der Waals surface area contributed by atoms with Gasteiger partial charge in [-0.25, -0.2) is 4.79 Å². The van der Waals surface area contributed by atoms with Crippen LogP contribution in [0.15, 0.2) is 60.8 Å².